The van der Waals surface area contributed by atoms with Gasteiger partial charge in [0.05, 0.1) is 0 Å². The quantitative estimate of drug-likeness (QED) is 0.584. The van der Waals surface area contributed by atoms with Crippen molar-refractivity contribution < 1.29 is 0 Å². The van der Waals surface area contributed by atoms with Gasteiger partial charge in [-0.1, -0.05) is 50.0 Å². The van der Waals surface area contributed by atoms with Crippen LogP contribution in [0.3, 0.4) is 0 Å². The SMILES string of the molecule is CC(C#Cc1ccccc1)=CC(C)C. The molecule has 1 aromatic rings. The van der Waals surface area contributed by atoms with E-state index in [9.17, 15) is 0 Å². The molecule has 0 N–H and O–H groups in total. The average Bonchev–Trinajstić information content (AvgIpc) is 2.15. The van der Waals surface area contributed by atoms with Gasteiger partial charge in [-0.25, -0.2) is 0 Å². The second-order valence-electron chi connectivity index (χ2n) is 3.71. The van der Waals surface area contributed by atoms with Crippen LogP contribution in [-0.2, 0) is 0 Å². The molecule has 0 aliphatic rings. The summed E-state index contributed by atoms with van der Waals surface area (Å²) >= 11 is 0. The van der Waals surface area contributed by atoms with Crippen molar-refractivity contribution in [1.29, 1.82) is 0 Å². The molecule has 0 fully saturated rings. The standard InChI is InChI=1S/C14H16/c1-12(2)11-13(3)9-10-14-7-5-4-6-8-14/h4-8,11-12H,1-3H3. The molecule has 0 spiro atoms. The highest BCUT2D eigenvalue weighted by atomic mass is 13.9. The van der Waals surface area contributed by atoms with Crippen LogP contribution in [-0.4, -0.2) is 0 Å². The minimum absolute atomic E-state index is 0.570. The summed E-state index contributed by atoms with van der Waals surface area (Å²) in [7, 11) is 0. The second-order valence-corrected chi connectivity index (χ2v) is 3.71. The highest BCUT2D eigenvalue weighted by molar-refractivity contribution is 5.39. The third kappa shape index (κ3) is 3.96. The Bertz CT molecular complexity index is 358. The van der Waals surface area contributed by atoms with Gasteiger partial charge < -0.3 is 0 Å². The predicted octanol–water partition coefficient (Wildman–Crippen LogP) is 3.64. The Morgan fingerprint density at radius 2 is 1.86 bits per heavy atom. The lowest BCUT2D eigenvalue weighted by molar-refractivity contribution is 0.826. The molecule has 0 saturated carbocycles. The normalized spacial score (nSPS) is 11.0. The molecule has 0 unspecified atom stereocenters. The molecule has 0 atom stereocenters. The predicted molar refractivity (Wildman–Crippen MR) is 61.9 cm³/mol. The van der Waals surface area contributed by atoms with E-state index in [2.05, 4.69) is 38.7 Å². The molecule has 0 heterocycles. The van der Waals surface area contributed by atoms with Gasteiger partial charge in [-0.05, 0) is 30.5 Å². The van der Waals surface area contributed by atoms with Gasteiger partial charge in [-0.3, -0.25) is 0 Å². The van der Waals surface area contributed by atoms with Crippen LogP contribution in [0.4, 0.5) is 0 Å². The molecule has 72 valence electrons. The van der Waals surface area contributed by atoms with Crippen LogP contribution in [0.15, 0.2) is 42.0 Å². The van der Waals surface area contributed by atoms with Gasteiger partial charge in [-0.15, -0.1) is 0 Å². The minimum atomic E-state index is 0.570. The highest BCUT2D eigenvalue weighted by Crippen LogP contribution is 2.01. The van der Waals surface area contributed by atoms with Gasteiger partial charge in [0.25, 0.3) is 0 Å². The molecule has 0 aromatic heterocycles. The van der Waals surface area contributed by atoms with E-state index in [1.54, 1.807) is 0 Å². The number of allylic oxidation sites excluding steroid dienone is 2. The second kappa shape index (κ2) is 5.29. The zero-order valence-electron chi connectivity index (χ0n) is 9.04. The molecular formula is C14H16. The van der Waals surface area contributed by atoms with Crippen molar-refractivity contribution in [2.24, 2.45) is 5.92 Å². The molecule has 1 rings (SSSR count). The Morgan fingerprint density at radius 3 is 2.43 bits per heavy atom. The molecule has 0 nitrogen and oxygen atoms in total. The summed E-state index contributed by atoms with van der Waals surface area (Å²) in [6.45, 7) is 6.37. The molecule has 0 heteroatoms. The van der Waals surface area contributed by atoms with Crippen LogP contribution in [0, 0.1) is 17.8 Å². The monoisotopic (exact) mass is 184 g/mol. The van der Waals surface area contributed by atoms with Gasteiger partial charge in [0.15, 0.2) is 0 Å². The first-order valence-electron chi connectivity index (χ1n) is 4.94. The lowest BCUT2D eigenvalue weighted by atomic mass is 10.1. The minimum Gasteiger partial charge on any atom is -0.0706 e. The summed E-state index contributed by atoms with van der Waals surface area (Å²) < 4.78 is 0. The zero-order chi connectivity index (χ0) is 10.4. The first-order valence-corrected chi connectivity index (χ1v) is 4.94. The summed E-state index contributed by atoms with van der Waals surface area (Å²) in [5, 5.41) is 0. The van der Waals surface area contributed by atoms with Crippen LogP contribution < -0.4 is 0 Å². The Labute approximate surface area is 86.7 Å². The van der Waals surface area contributed by atoms with Crippen LogP contribution in [0.25, 0.3) is 0 Å². The maximum Gasteiger partial charge on any atom is 0.0248 e. The molecule has 0 bridgehead atoms. The third-order valence-electron chi connectivity index (χ3n) is 1.76. The molecule has 0 amide bonds. The van der Waals surface area contributed by atoms with Crippen molar-refractivity contribution in [3.05, 3.63) is 47.5 Å². The Hall–Kier alpha value is -1.48. The van der Waals surface area contributed by atoms with Gasteiger partial charge >= 0.3 is 0 Å². The summed E-state index contributed by atoms with van der Waals surface area (Å²) in [5.41, 5.74) is 2.22. The fraction of sp³-hybridized carbons (Fsp3) is 0.286. The van der Waals surface area contributed by atoms with Crippen molar-refractivity contribution in [3.63, 3.8) is 0 Å². The molecule has 0 saturated heterocycles. The number of rotatable bonds is 1. The zero-order valence-corrected chi connectivity index (χ0v) is 9.04. The lowest BCUT2D eigenvalue weighted by Crippen LogP contribution is -1.80. The van der Waals surface area contributed by atoms with Crippen molar-refractivity contribution in [2.75, 3.05) is 0 Å². The summed E-state index contributed by atoms with van der Waals surface area (Å²) in [6, 6.07) is 10.1. The van der Waals surface area contributed by atoms with E-state index in [0.29, 0.717) is 5.92 Å². The first-order chi connectivity index (χ1) is 6.68. The maximum absolute atomic E-state index is 3.14. The van der Waals surface area contributed by atoms with Crippen molar-refractivity contribution >= 4 is 0 Å². The van der Waals surface area contributed by atoms with E-state index >= 15 is 0 Å². The van der Waals surface area contributed by atoms with Gasteiger partial charge in [0.2, 0.25) is 0 Å². The first kappa shape index (κ1) is 10.6. The molecule has 0 aliphatic carbocycles. The van der Waals surface area contributed by atoms with E-state index in [0.717, 1.165) is 11.1 Å². The number of benzene rings is 1. The number of hydrogen-bond donors (Lipinski definition) is 0. The van der Waals surface area contributed by atoms with E-state index in [4.69, 9.17) is 0 Å². The topological polar surface area (TPSA) is 0 Å². The van der Waals surface area contributed by atoms with E-state index in [1.807, 2.05) is 30.3 Å². The summed E-state index contributed by atoms with van der Waals surface area (Å²) in [6.07, 6.45) is 2.18. The third-order valence-corrected chi connectivity index (χ3v) is 1.76. The summed E-state index contributed by atoms with van der Waals surface area (Å²) in [5.74, 6) is 6.84. The van der Waals surface area contributed by atoms with Crippen molar-refractivity contribution in [2.45, 2.75) is 20.8 Å². The summed E-state index contributed by atoms with van der Waals surface area (Å²) in [4.78, 5) is 0. The molecule has 14 heavy (non-hydrogen) atoms. The Balaban J connectivity index is 2.74. The Kier molecular flexibility index (Phi) is 4.01. The molecule has 0 aliphatic heterocycles. The maximum atomic E-state index is 3.14. The van der Waals surface area contributed by atoms with Gasteiger partial charge in [-0.2, -0.15) is 0 Å². The highest BCUT2D eigenvalue weighted by Gasteiger charge is 1.87. The van der Waals surface area contributed by atoms with Crippen LogP contribution in [0.1, 0.15) is 26.3 Å². The van der Waals surface area contributed by atoms with Crippen LogP contribution >= 0.6 is 0 Å². The molecule has 0 radical (unpaired) electrons. The van der Waals surface area contributed by atoms with Gasteiger partial charge in [0.1, 0.15) is 0 Å². The molecular weight excluding hydrogens is 168 g/mol. The van der Waals surface area contributed by atoms with Crippen LogP contribution in [0.2, 0.25) is 0 Å². The lowest BCUT2D eigenvalue weighted by Gasteiger charge is -1.94. The van der Waals surface area contributed by atoms with Gasteiger partial charge in [0, 0.05) is 5.56 Å². The van der Waals surface area contributed by atoms with Crippen LogP contribution in [0.5, 0.6) is 0 Å². The Morgan fingerprint density at radius 1 is 1.21 bits per heavy atom. The number of hydrogen-bond acceptors (Lipinski definition) is 0. The van der Waals surface area contributed by atoms with E-state index in [1.165, 1.54) is 0 Å². The average molecular weight is 184 g/mol. The van der Waals surface area contributed by atoms with Crippen molar-refractivity contribution in [3.8, 4) is 11.8 Å². The largest absolute Gasteiger partial charge is 0.0706 e. The van der Waals surface area contributed by atoms with E-state index in [-0.39, 0.29) is 0 Å². The molecule has 1 aromatic carbocycles. The van der Waals surface area contributed by atoms with Crippen molar-refractivity contribution in [1.82, 2.24) is 0 Å². The smallest absolute Gasteiger partial charge is 0.0248 e. The van der Waals surface area contributed by atoms with E-state index < -0.39 is 0 Å². The fourth-order valence-corrected chi connectivity index (χ4v) is 1.23. The fourth-order valence-electron chi connectivity index (χ4n) is 1.23.